The zero-order valence-corrected chi connectivity index (χ0v) is 18.1. The summed E-state index contributed by atoms with van der Waals surface area (Å²) in [5.74, 6) is -0.142. The van der Waals surface area contributed by atoms with Gasteiger partial charge in [-0.15, -0.1) is 0 Å². The molecule has 0 aliphatic carbocycles. The van der Waals surface area contributed by atoms with E-state index in [0.717, 1.165) is 37.2 Å². The number of anilines is 1. The highest BCUT2D eigenvalue weighted by Gasteiger charge is 2.35. The number of likely N-dealkylation sites (tertiary alicyclic amines) is 1. The van der Waals surface area contributed by atoms with Crippen molar-refractivity contribution >= 4 is 29.1 Å². The van der Waals surface area contributed by atoms with Crippen molar-refractivity contribution in [2.45, 2.75) is 24.9 Å². The first-order chi connectivity index (χ1) is 15.1. The molecule has 2 aliphatic rings. The number of halogens is 1. The van der Waals surface area contributed by atoms with Gasteiger partial charge in [0.15, 0.2) is 0 Å². The molecule has 2 amide bonds. The van der Waals surface area contributed by atoms with Gasteiger partial charge in [0.2, 0.25) is 11.8 Å². The molecule has 164 valence electrons. The van der Waals surface area contributed by atoms with Crippen molar-refractivity contribution in [1.82, 2.24) is 21.1 Å². The molecule has 0 bridgehead atoms. The van der Waals surface area contributed by atoms with E-state index in [9.17, 15) is 9.59 Å². The lowest BCUT2D eigenvalue weighted by Crippen LogP contribution is -2.48. The van der Waals surface area contributed by atoms with Crippen LogP contribution in [-0.4, -0.2) is 48.9 Å². The van der Waals surface area contributed by atoms with Crippen LogP contribution in [0.25, 0.3) is 0 Å². The number of carbonyl (C=O) groups excluding carboxylic acids is 2. The fourth-order valence-corrected chi connectivity index (χ4v) is 4.32. The van der Waals surface area contributed by atoms with Gasteiger partial charge in [0.25, 0.3) is 0 Å². The van der Waals surface area contributed by atoms with Crippen LogP contribution in [0.5, 0.6) is 0 Å². The summed E-state index contributed by atoms with van der Waals surface area (Å²) in [5, 5.41) is 6.81. The lowest BCUT2D eigenvalue weighted by Gasteiger charge is -2.32. The Bertz CT molecular complexity index is 885. The van der Waals surface area contributed by atoms with Gasteiger partial charge in [-0.25, -0.2) is 5.43 Å². The van der Waals surface area contributed by atoms with Gasteiger partial charge in [-0.1, -0.05) is 41.9 Å². The van der Waals surface area contributed by atoms with E-state index < -0.39 is 0 Å². The number of piperidine rings is 1. The van der Waals surface area contributed by atoms with Crippen LogP contribution in [0.1, 0.15) is 24.4 Å². The minimum absolute atomic E-state index is 0.0115. The van der Waals surface area contributed by atoms with E-state index in [1.807, 2.05) is 54.6 Å². The van der Waals surface area contributed by atoms with Crippen molar-refractivity contribution in [3.8, 4) is 0 Å². The van der Waals surface area contributed by atoms with Crippen LogP contribution < -0.4 is 21.5 Å². The summed E-state index contributed by atoms with van der Waals surface area (Å²) in [6.45, 7) is 2.52. The Balaban J connectivity index is 1.23. The van der Waals surface area contributed by atoms with Gasteiger partial charge in [0.05, 0.1) is 18.5 Å². The lowest BCUT2D eigenvalue weighted by atomic mass is 9.93. The fraction of sp³-hybridized carbons (Fsp3) is 0.391. The quantitative estimate of drug-likeness (QED) is 0.553. The first-order valence-electron chi connectivity index (χ1n) is 10.7. The van der Waals surface area contributed by atoms with Crippen molar-refractivity contribution in [3.63, 3.8) is 0 Å². The minimum Gasteiger partial charge on any atom is -0.353 e. The van der Waals surface area contributed by atoms with Crippen molar-refractivity contribution in [1.29, 1.82) is 0 Å². The van der Waals surface area contributed by atoms with Crippen LogP contribution in [0.3, 0.4) is 0 Å². The SMILES string of the molecule is O=C(CN1CCC(NC(=O)C2CNNC2c2ccc(Cl)cc2)CC1)Nc1ccccc1. The second-order valence-corrected chi connectivity index (χ2v) is 8.57. The van der Waals surface area contributed by atoms with E-state index in [1.165, 1.54) is 0 Å². The van der Waals surface area contributed by atoms with Gasteiger partial charge < -0.3 is 10.6 Å². The van der Waals surface area contributed by atoms with E-state index in [1.54, 1.807) is 0 Å². The van der Waals surface area contributed by atoms with Gasteiger partial charge in [0, 0.05) is 36.4 Å². The number of hydrogen-bond donors (Lipinski definition) is 4. The number of nitrogens with one attached hydrogen (secondary N) is 4. The minimum atomic E-state index is -0.184. The molecule has 7 nitrogen and oxygen atoms in total. The molecule has 2 aromatic carbocycles. The molecular weight excluding hydrogens is 414 g/mol. The van der Waals surface area contributed by atoms with Crippen molar-refractivity contribution in [3.05, 3.63) is 65.2 Å². The third-order valence-electron chi connectivity index (χ3n) is 5.91. The standard InChI is InChI=1S/C23H28ClN5O2/c24-17-8-6-16(7-9-17)22-20(14-25-28-22)23(31)27-19-10-12-29(13-11-19)15-21(30)26-18-4-2-1-3-5-18/h1-9,19-20,22,25,28H,10-15H2,(H,26,30)(H,27,31). The maximum atomic E-state index is 12.9. The van der Waals surface area contributed by atoms with E-state index in [4.69, 9.17) is 11.6 Å². The summed E-state index contributed by atoms with van der Waals surface area (Å²) in [5.41, 5.74) is 8.15. The Labute approximate surface area is 187 Å². The lowest BCUT2D eigenvalue weighted by molar-refractivity contribution is -0.126. The molecule has 0 aromatic heterocycles. The number of benzene rings is 2. The number of carbonyl (C=O) groups is 2. The zero-order chi connectivity index (χ0) is 21.6. The van der Waals surface area contributed by atoms with Crippen LogP contribution in [-0.2, 0) is 9.59 Å². The van der Waals surface area contributed by atoms with Crippen molar-refractivity contribution in [2.75, 3.05) is 31.5 Å². The highest BCUT2D eigenvalue weighted by Crippen LogP contribution is 2.26. The molecule has 2 aromatic rings. The maximum absolute atomic E-state index is 12.9. The molecule has 2 heterocycles. The predicted molar refractivity (Wildman–Crippen MR) is 121 cm³/mol. The molecule has 0 radical (unpaired) electrons. The molecule has 2 aliphatic heterocycles. The topological polar surface area (TPSA) is 85.5 Å². The van der Waals surface area contributed by atoms with Crippen LogP contribution in [0.2, 0.25) is 5.02 Å². The summed E-state index contributed by atoms with van der Waals surface area (Å²) in [7, 11) is 0. The molecule has 31 heavy (non-hydrogen) atoms. The summed E-state index contributed by atoms with van der Waals surface area (Å²) in [4.78, 5) is 27.3. The average Bonchev–Trinajstić information content (AvgIpc) is 3.26. The number of rotatable bonds is 6. The first-order valence-corrected chi connectivity index (χ1v) is 11.1. The Morgan fingerprint density at radius 1 is 1.03 bits per heavy atom. The zero-order valence-electron chi connectivity index (χ0n) is 17.3. The fourth-order valence-electron chi connectivity index (χ4n) is 4.20. The number of amides is 2. The molecule has 0 saturated carbocycles. The normalized spacial score (nSPS) is 22.2. The molecule has 2 unspecified atom stereocenters. The molecule has 0 spiro atoms. The molecule has 2 atom stereocenters. The molecule has 4 rings (SSSR count). The van der Waals surface area contributed by atoms with Gasteiger partial charge in [-0.05, 0) is 42.7 Å². The monoisotopic (exact) mass is 441 g/mol. The summed E-state index contributed by atoms with van der Waals surface area (Å²) in [6.07, 6.45) is 1.67. The highest BCUT2D eigenvalue weighted by atomic mass is 35.5. The van der Waals surface area contributed by atoms with Crippen molar-refractivity contribution < 1.29 is 9.59 Å². The Kier molecular flexibility index (Phi) is 7.19. The van der Waals surface area contributed by atoms with Gasteiger partial charge in [-0.2, -0.15) is 0 Å². The average molecular weight is 442 g/mol. The van der Waals surface area contributed by atoms with E-state index in [-0.39, 0.29) is 29.8 Å². The number of hydrazine groups is 1. The van der Waals surface area contributed by atoms with E-state index in [0.29, 0.717) is 18.1 Å². The Hall–Kier alpha value is -2.45. The Morgan fingerprint density at radius 2 is 1.74 bits per heavy atom. The predicted octanol–water partition coefficient (Wildman–Crippen LogP) is 2.32. The smallest absolute Gasteiger partial charge is 0.238 e. The third kappa shape index (κ3) is 5.83. The van der Waals surface area contributed by atoms with Crippen LogP contribution in [0, 0.1) is 5.92 Å². The molecule has 2 fully saturated rings. The van der Waals surface area contributed by atoms with E-state index in [2.05, 4.69) is 26.4 Å². The summed E-state index contributed by atoms with van der Waals surface area (Å²) in [6, 6.07) is 17.1. The summed E-state index contributed by atoms with van der Waals surface area (Å²) < 4.78 is 0. The van der Waals surface area contributed by atoms with Gasteiger partial charge >= 0.3 is 0 Å². The molecule has 2 saturated heterocycles. The van der Waals surface area contributed by atoms with Gasteiger partial charge in [-0.3, -0.25) is 19.9 Å². The summed E-state index contributed by atoms with van der Waals surface area (Å²) >= 11 is 5.99. The van der Waals surface area contributed by atoms with Crippen LogP contribution >= 0.6 is 11.6 Å². The van der Waals surface area contributed by atoms with Crippen molar-refractivity contribution in [2.24, 2.45) is 5.92 Å². The van der Waals surface area contributed by atoms with Gasteiger partial charge in [0.1, 0.15) is 0 Å². The maximum Gasteiger partial charge on any atom is 0.238 e. The molecule has 4 N–H and O–H groups in total. The largest absolute Gasteiger partial charge is 0.353 e. The van der Waals surface area contributed by atoms with Crippen LogP contribution in [0.15, 0.2) is 54.6 Å². The third-order valence-corrected chi connectivity index (χ3v) is 6.16. The highest BCUT2D eigenvalue weighted by molar-refractivity contribution is 6.30. The van der Waals surface area contributed by atoms with E-state index >= 15 is 0 Å². The second-order valence-electron chi connectivity index (χ2n) is 8.13. The molecular formula is C23H28ClN5O2. The Morgan fingerprint density at radius 3 is 2.45 bits per heavy atom. The number of hydrogen-bond acceptors (Lipinski definition) is 5. The van der Waals surface area contributed by atoms with Crippen LogP contribution in [0.4, 0.5) is 5.69 Å². The number of para-hydroxylation sites is 1. The first kappa shape index (κ1) is 21.8. The number of nitrogens with zero attached hydrogens (tertiary/aromatic N) is 1. The molecule has 8 heteroatoms. The second kappa shape index (κ2) is 10.2.